The fraction of sp³-hybridized carbons (Fsp3) is 0.308. The molecule has 5 heteroatoms. The smallest absolute Gasteiger partial charge is 0.251 e. The van der Waals surface area contributed by atoms with Gasteiger partial charge in [0.15, 0.2) is 0 Å². The Morgan fingerprint density at radius 2 is 2.10 bits per heavy atom. The normalized spacial score (nSPS) is 16.7. The molecule has 1 saturated heterocycles. The molecular formula is C26H28N4O. The summed E-state index contributed by atoms with van der Waals surface area (Å²) >= 11 is 0. The van der Waals surface area contributed by atoms with Crippen molar-refractivity contribution in [2.75, 3.05) is 18.0 Å². The van der Waals surface area contributed by atoms with Crippen molar-refractivity contribution in [2.24, 2.45) is 5.92 Å². The van der Waals surface area contributed by atoms with Gasteiger partial charge in [0.2, 0.25) is 0 Å². The van der Waals surface area contributed by atoms with E-state index in [4.69, 9.17) is 0 Å². The van der Waals surface area contributed by atoms with Gasteiger partial charge >= 0.3 is 0 Å². The molecule has 5 nitrogen and oxygen atoms in total. The lowest BCUT2D eigenvalue weighted by atomic mass is 9.99. The Morgan fingerprint density at radius 3 is 2.90 bits per heavy atom. The maximum atomic E-state index is 12.8. The minimum absolute atomic E-state index is 0.00215. The number of pyridine rings is 2. The van der Waals surface area contributed by atoms with Crippen LogP contribution in [0.2, 0.25) is 0 Å². The lowest BCUT2D eigenvalue weighted by Gasteiger charge is -2.32. The molecule has 0 spiro atoms. The van der Waals surface area contributed by atoms with Crippen molar-refractivity contribution in [1.29, 1.82) is 0 Å². The molecule has 1 unspecified atom stereocenters. The zero-order valence-corrected chi connectivity index (χ0v) is 18.1. The molecule has 4 aromatic rings. The molecule has 1 aromatic carbocycles. The van der Waals surface area contributed by atoms with Crippen LogP contribution >= 0.6 is 0 Å². The van der Waals surface area contributed by atoms with Crippen molar-refractivity contribution in [3.05, 3.63) is 82.5 Å². The SMILES string of the molecule is Cc1cccc(Cn2ccc(-c3c[nH]c4ncc(N5CCCC(C)C5)cc34)cc2=O)c1. The summed E-state index contributed by atoms with van der Waals surface area (Å²) in [7, 11) is 0. The van der Waals surface area contributed by atoms with Crippen molar-refractivity contribution in [1.82, 2.24) is 14.5 Å². The fourth-order valence-corrected chi connectivity index (χ4v) is 4.64. The molecule has 31 heavy (non-hydrogen) atoms. The van der Waals surface area contributed by atoms with E-state index in [1.807, 2.05) is 30.7 Å². The first-order valence-electron chi connectivity index (χ1n) is 11.1. The Hall–Kier alpha value is -3.34. The van der Waals surface area contributed by atoms with Crippen molar-refractivity contribution in [2.45, 2.75) is 33.2 Å². The monoisotopic (exact) mass is 412 g/mol. The van der Waals surface area contributed by atoms with Gasteiger partial charge in [-0.3, -0.25) is 4.79 Å². The number of hydrogen-bond donors (Lipinski definition) is 1. The molecule has 1 aliphatic rings. The van der Waals surface area contributed by atoms with E-state index in [0.717, 1.165) is 46.5 Å². The van der Waals surface area contributed by atoms with E-state index in [9.17, 15) is 4.79 Å². The molecule has 0 amide bonds. The Labute approximate surface area is 182 Å². The minimum atomic E-state index is 0.00215. The van der Waals surface area contributed by atoms with E-state index < -0.39 is 0 Å². The van der Waals surface area contributed by atoms with Crippen molar-refractivity contribution >= 4 is 16.7 Å². The second-order valence-corrected chi connectivity index (χ2v) is 8.86. The number of aromatic amines is 1. The third kappa shape index (κ3) is 4.00. The van der Waals surface area contributed by atoms with Gasteiger partial charge in [0.1, 0.15) is 5.65 Å². The number of rotatable bonds is 4. The highest BCUT2D eigenvalue weighted by Crippen LogP contribution is 2.31. The van der Waals surface area contributed by atoms with E-state index in [-0.39, 0.29) is 5.56 Å². The van der Waals surface area contributed by atoms with Crippen LogP contribution in [0.4, 0.5) is 5.69 Å². The zero-order chi connectivity index (χ0) is 21.4. The first-order chi connectivity index (χ1) is 15.1. The second kappa shape index (κ2) is 8.06. The Kier molecular flexibility index (Phi) is 5.10. The number of anilines is 1. The molecule has 0 radical (unpaired) electrons. The average Bonchev–Trinajstić information content (AvgIpc) is 3.18. The van der Waals surface area contributed by atoms with Crippen molar-refractivity contribution in [3.63, 3.8) is 0 Å². The minimum Gasteiger partial charge on any atom is -0.370 e. The van der Waals surface area contributed by atoms with Crippen LogP contribution in [-0.2, 0) is 6.54 Å². The standard InChI is InChI=1S/C26H28N4O/c1-18-5-3-7-20(11-18)17-30-10-8-21(12-25(30)31)24-15-28-26-23(24)13-22(14-27-26)29-9-4-6-19(2)16-29/h3,5,7-8,10-15,19H,4,6,9,16-17H2,1-2H3,(H,27,28). The molecule has 5 rings (SSSR count). The van der Waals surface area contributed by atoms with Gasteiger partial charge in [-0.25, -0.2) is 4.98 Å². The molecule has 1 N–H and O–H groups in total. The molecule has 158 valence electrons. The van der Waals surface area contributed by atoms with E-state index in [0.29, 0.717) is 12.5 Å². The predicted octanol–water partition coefficient (Wildman–Crippen LogP) is 4.98. The number of hydrogen-bond acceptors (Lipinski definition) is 3. The van der Waals surface area contributed by atoms with Crippen LogP contribution in [0.3, 0.4) is 0 Å². The van der Waals surface area contributed by atoms with Gasteiger partial charge in [-0.15, -0.1) is 0 Å². The van der Waals surface area contributed by atoms with Gasteiger partial charge in [-0.05, 0) is 48.9 Å². The van der Waals surface area contributed by atoms with Gasteiger partial charge in [0.05, 0.1) is 18.4 Å². The fourth-order valence-electron chi connectivity index (χ4n) is 4.64. The van der Waals surface area contributed by atoms with Crippen molar-refractivity contribution in [3.8, 4) is 11.1 Å². The summed E-state index contributed by atoms with van der Waals surface area (Å²) in [4.78, 5) is 23.2. The van der Waals surface area contributed by atoms with Crippen LogP contribution < -0.4 is 10.5 Å². The number of fused-ring (bicyclic) bond motifs is 1. The largest absolute Gasteiger partial charge is 0.370 e. The highest BCUT2D eigenvalue weighted by atomic mass is 16.1. The molecular weight excluding hydrogens is 384 g/mol. The summed E-state index contributed by atoms with van der Waals surface area (Å²) in [5.41, 5.74) is 6.29. The van der Waals surface area contributed by atoms with Gasteiger partial charge in [-0.1, -0.05) is 36.8 Å². The summed E-state index contributed by atoms with van der Waals surface area (Å²) in [5.74, 6) is 0.705. The molecule has 1 fully saturated rings. The second-order valence-electron chi connectivity index (χ2n) is 8.86. The van der Waals surface area contributed by atoms with Crippen LogP contribution in [0.15, 0.2) is 65.8 Å². The van der Waals surface area contributed by atoms with Crippen LogP contribution in [0.5, 0.6) is 0 Å². The van der Waals surface area contributed by atoms with Crippen LogP contribution in [-0.4, -0.2) is 27.6 Å². The van der Waals surface area contributed by atoms with Gasteiger partial charge in [-0.2, -0.15) is 0 Å². The Morgan fingerprint density at radius 1 is 1.19 bits per heavy atom. The highest BCUT2D eigenvalue weighted by molar-refractivity contribution is 5.95. The third-order valence-corrected chi connectivity index (χ3v) is 6.28. The van der Waals surface area contributed by atoms with E-state index >= 15 is 0 Å². The molecule has 0 saturated carbocycles. The molecule has 4 heterocycles. The first-order valence-corrected chi connectivity index (χ1v) is 11.1. The molecule has 3 aromatic heterocycles. The van der Waals surface area contributed by atoms with Gasteiger partial charge in [0, 0.05) is 42.5 Å². The first kappa shape index (κ1) is 19.6. The number of aryl methyl sites for hydroxylation is 1. The highest BCUT2D eigenvalue weighted by Gasteiger charge is 2.18. The number of aromatic nitrogens is 3. The summed E-state index contributed by atoms with van der Waals surface area (Å²) < 4.78 is 1.76. The predicted molar refractivity (Wildman–Crippen MR) is 127 cm³/mol. The molecule has 1 aliphatic heterocycles. The van der Waals surface area contributed by atoms with E-state index in [1.54, 1.807) is 10.6 Å². The summed E-state index contributed by atoms with van der Waals surface area (Å²) in [6.07, 6.45) is 8.32. The third-order valence-electron chi connectivity index (χ3n) is 6.28. The summed E-state index contributed by atoms with van der Waals surface area (Å²) in [6.45, 7) is 7.10. The Balaban J connectivity index is 1.47. The van der Waals surface area contributed by atoms with Crippen LogP contribution in [0, 0.1) is 12.8 Å². The molecule has 0 bridgehead atoms. The Bertz CT molecular complexity index is 1290. The number of H-pyrrole nitrogens is 1. The molecule has 0 aliphatic carbocycles. The van der Waals surface area contributed by atoms with E-state index in [1.165, 1.54) is 18.4 Å². The summed E-state index contributed by atoms with van der Waals surface area (Å²) in [6, 6.07) is 14.2. The quantitative estimate of drug-likeness (QED) is 0.514. The maximum absolute atomic E-state index is 12.8. The van der Waals surface area contributed by atoms with Crippen molar-refractivity contribution < 1.29 is 0 Å². The molecule has 1 atom stereocenters. The summed E-state index contributed by atoms with van der Waals surface area (Å²) in [5, 5.41) is 1.06. The maximum Gasteiger partial charge on any atom is 0.251 e. The lowest BCUT2D eigenvalue weighted by Crippen LogP contribution is -2.34. The van der Waals surface area contributed by atoms with Crippen LogP contribution in [0.1, 0.15) is 30.9 Å². The number of benzene rings is 1. The van der Waals surface area contributed by atoms with Crippen LogP contribution in [0.25, 0.3) is 22.2 Å². The van der Waals surface area contributed by atoms with E-state index in [2.05, 4.69) is 53.0 Å². The zero-order valence-electron chi connectivity index (χ0n) is 18.1. The number of piperidine rings is 1. The average molecular weight is 413 g/mol. The van der Waals surface area contributed by atoms with Gasteiger partial charge in [0.25, 0.3) is 5.56 Å². The topological polar surface area (TPSA) is 53.9 Å². The number of nitrogens with zero attached hydrogens (tertiary/aromatic N) is 3. The number of nitrogens with one attached hydrogen (secondary N) is 1. The lowest BCUT2D eigenvalue weighted by molar-refractivity contribution is 0.446. The van der Waals surface area contributed by atoms with Gasteiger partial charge < -0.3 is 14.5 Å².